The zero-order valence-corrected chi connectivity index (χ0v) is 24.3. The number of carbonyl (C=O) groups is 3. The number of methoxy groups -OCH3 is 1. The van der Waals surface area contributed by atoms with Crippen molar-refractivity contribution < 1.29 is 19.1 Å². The summed E-state index contributed by atoms with van der Waals surface area (Å²) in [5.74, 6) is 1.87. The number of Topliss-reactive ketones (excluding diaryl/α,β-unsaturated/α-hetero) is 1. The number of ether oxygens (including phenoxy) is 1. The molecule has 0 aliphatic heterocycles. The molecule has 208 valence electrons. The SMILES string of the molecule is CCC1CCC(C(=O)Nc2ccc(C)c(OC)c2)CC1.CCCNC(=O)c1cc(C)c(CC)c(C(C)=O)c1. The van der Waals surface area contributed by atoms with Crippen molar-refractivity contribution >= 4 is 23.3 Å². The maximum atomic E-state index is 12.3. The number of ketones is 1. The number of nitrogens with one attached hydrogen (secondary N) is 2. The van der Waals surface area contributed by atoms with E-state index in [0.717, 1.165) is 59.7 Å². The van der Waals surface area contributed by atoms with Gasteiger partial charge >= 0.3 is 0 Å². The molecule has 6 heteroatoms. The van der Waals surface area contributed by atoms with Crippen molar-refractivity contribution in [3.05, 3.63) is 58.1 Å². The lowest BCUT2D eigenvalue weighted by molar-refractivity contribution is -0.121. The predicted octanol–water partition coefficient (Wildman–Crippen LogP) is 7.06. The first-order valence-corrected chi connectivity index (χ1v) is 14.0. The number of aryl methyl sites for hydroxylation is 2. The van der Waals surface area contributed by atoms with Crippen LogP contribution in [-0.4, -0.2) is 31.3 Å². The molecule has 0 aromatic heterocycles. The van der Waals surface area contributed by atoms with Crippen LogP contribution in [0.4, 0.5) is 5.69 Å². The average Bonchev–Trinajstić information content (AvgIpc) is 2.92. The first-order chi connectivity index (χ1) is 18.1. The summed E-state index contributed by atoms with van der Waals surface area (Å²) in [5, 5.41) is 5.86. The fourth-order valence-electron chi connectivity index (χ4n) is 5.05. The van der Waals surface area contributed by atoms with Gasteiger partial charge < -0.3 is 15.4 Å². The highest BCUT2D eigenvalue weighted by molar-refractivity contribution is 6.01. The summed E-state index contributed by atoms with van der Waals surface area (Å²) in [6.45, 7) is 12.4. The maximum absolute atomic E-state index is 12.3. The Morgan fingerprint density at radius 3 is 2.18 bits per heavy atom. The summed E-state index contributed by atoms with van der Waals surface area (Å²) < 4.78 is 5.29. The number of anilines is 1. The van der Waals surface area contributed by atoms with Gasteiger partial charge in [0.15, 0.2) is 5.78 Å². The zero-order valence-electron chi connectivity index (χ0n) is 24.3. The molecular weight excluding hydrogens is 476 g/mol. The van der Waals surface area contributed by atoms with Crippen molar-refractivity contribution in [3.8, 4) is 5.75 Å². The third-order valence-electron chi connectivity index (χ3n) is 7.47. The van der Waals surface area contributed by atoms with Gasteiger partial charge in [-0.2, -0.15) is 0 Å². The van der Waals surface area contributed by atoms with Crippen molar-refractivity contribution in [3.63, 3.8) is 0 Å². The Hall–Kier alpha value is -3.15. The van der Waals surface area contributed by atoms with Gasteiger partial charge in [0.25, 0.3) is 5.91 Å². The molecular formula is C32H46N2O4. The third-order valence-corrected chi connectivity index (χ3v) is 7.47. The van der Waals surface area contributed by atoms with E-state index in [1.165, 1.54) is 19.3 Å². The Labute approximate surface area is 228 Å². The van der Waals surface area contributed by atoms with E-state index in [1.807, 2.05) is 52.0 Å². The van der Waals surface area contributed by atoms with Gasteiger partial charge in [-0.25, -0.2) is 0 Å². The fraction of sp³-hybridized carbons (Fsp3) is 0.531. The second-order valence-corrected chi connectivity index (χ2v) is 10.3. The molecule has 0 radical (unpaired) electrons. The highest BCUT2D eigenvalue weighted by Gasteiger charge is 2.25. The summed E-state index contributed by atoms with van der Waals surface area (Å²) in [5.41, 5.74) is 5.19. The third kappa shape index (κ3) is 8.71. The summed E-state index contributed by atoms with van der Waals surface area (Å²) in [6, 6.07) is 9.37. The van der Waals surface area contributed by atoms with Crippen LogP contribution in [-0.2, 0) is 11.2 Å². The van der Waals surface area contributed by atoms with E-state index in [2.05, 4.69) is 17.6 Å². The van der Waals surface area contributed by atoms with E-state index >= 15 is 0 Å². The molecule has 0 bridgehead atoms. The minimum atomic E-state index is -0.106. The standard InChI is InChI=1S/C17H25NO2.C15H21NO2/c1-4-13-6-8-14(9-7-13)17(19)18-15-10-5-12(2)16(11-15)20-3;1-5-7-16-15(18)12-8-10(3)13(6-2)14(9-12)11(4)17/h5,10-11,13-14H,4,6-9H2,1-3H3,(H,18,19);8-9H,5-7H2,1-4H3,(H,16,18). The normalized spacial score (nSPS) is 16.6. The van der Waals surface area contributed by atoms with Gasteiger partial charge in [-0.3, -0.25) is 14.4 Å². The summed E-state index contributed by atoms with van der Waals surface area (Å²) >= 11 is 0. The molecule has 0 atom stereocenters. The van der Waals surface area contributed by atoms with Crippen molar-refractivity contribution in [2.45, 2.75) is 86.5 Å². The summed E-state index contributed by atoms with van der Waals surface area (Å²) in [6.07, 6.45) is 7.36. The molecule has 0 spiro atoms. The molecule has 1 fully saturated rings. The van der Waals surface area contributed by atoms with Gasteiger partial charge in [0, 0.05) is 35.3 Å². The average molecular weight is 523 g/mol. The van der Waals surface area contributed by atoms with Gasteiger partial charge in [-0.05, 0) is 100 Å². The molecule has 2 N–H and O–H groups in total. The number of amides is 2. The molecule has 38 heavy (non-hydrogen) atoms. The van der Waals surface area contributed by atoms with Crippen LogP contribution in [0, 0.1) is 25.7 Å². The van der Waals surface area contributed by atoms with Crippen LogP contribution in [0.1, 0.15) is 104 Å². The van der Waals surface area contributed by atoms with Crippen molar-refractivity contribution in [1.29, 1.82) is 0 Å². The molecule has 2 aromatic rings. The molecule has 1 saturated carbocycles. The van der Waals surface area contributed by atoms with E-state index in [-0.39, 0.29) is 23.5 Å². The number of hydrogen-bond donors (Lipinski definition) is 2. The number of hydrogen-bond acceptors (Lipinski definition) is 4. The largest absolute Gasteiger partial charge is 0.496 e. The van der Waals surface area contributed by atoms with E-state index in [1.54, 1.807) is 20.1 Å². The van der Waals surface area contributed by atoms with Gasteiger partial charge in [0.1, 0.15) is 5.75 Å². The Morgan fingerprint density at radius 1 is 0.947 bits per heavy atom. The minimum Gasteiger partial charge on any atom is -0.496 e. The number of rotatable bonds is 9. The molecule has 6 nitrogen and oxygen atoms in total. The monoisotopic (exact) mass is 522 g/mol. The Bertz CT molecular complexity index is 1100. The highest BCUT2D eigenvalue weighted by Crippen LogP contribution is 2.32. The summed E-state index contributed by atoms with van der Waals surface area (Å²) in [4.78, 5) is 35.8. The maximum Gasteiger partial charge on any atom is 0.251 e. The van der Waals surface area contributed by atoms with Gasteiger partial charge in [0.05, 0.1) is 7.11 Å². The van der Waals surface area contributed by atoms with Crippen LogP contribution < -0.4 is 15.4 Å². The molecule has 1 aliphatic rings. The molecule has 3 rings (SSSR count). The molecule has 0 heterocycles. The first kappa shape index (κ1) is 31.1. The second-order valence-electron chi connectivity index (χ2n) is 10.3. The van der Waals surface area contributed by atoms with E-state index in [0.29, 0.717) is 17.7 Å². The van der Waals surface area contributed by atoms with Gasteiger partial charge in [0.2, 0.25) is 5.91 Å². The Kier molecular flexibility index (Phi) is 12.5. The van der Waals surface area contributed by atoms with E-state index in [4.69, 9.17) is 4.74 Å². The topological polar surface area (TPSA) is 84.5 Å². The lowest BCUT2D eigenvalue weighted by atomic mass is 9.80. The molecule has 2 aromatic carbocycles. The fourth-order valence-corrected chi connectivity index (χ4v) is 5.05. The van der Waals surface area contributed by atoms with Crippen molar-refractivity contribution in [2.24, 2.45) is 11.8 Å². The van der Waals surface area contributed by atoms with Crippen molar-refractivity contribution in [2.75, 3.05) is 19.0 Å². The van der Waals surface area contributed by atoms with E-state index < -0.39 is 0 Å². The van der Waals surface area contributed by atoms with Gasteiger partial charge in [-0.1, -0.05) is 33.3 Å². The molecule has 2 amide bonds. The van der Waals surface area contributed by atoms with Crippen LogP contribution in [0.5, 0.6) is 5.75 Å². The number of benzene rings is 2. The van der Waals surface area contributed by atoms with E-state index in [9.17, 15) is 14.4 Å². The number of carbonyl (C=O) groups excluding carboxylic acids is 3. The smallest absolute Gasteiger partial charge is 0.251 e. The molecule has 0 saturated heterocycles. The Balaban J connectivity index is 0.000000269. The lowest BCUT2D eigenvalue weighted by Crippen LogP contribution is -2.27. The molecule has 0 unspecified atom stereocenters. The predicted molar refractivity (Wildman–Crippen MR) is 155 cm³/mol. The van der Waals surface area contributed by atoms with Crippen LogP contribution in [0.25, 0.3) is 0 Å². The lowest BCUT2D eigenvalue weighted by Gasteiger charge is -2.27. The molecule has 1 aliphatic carbocycles. The zero-order chi connectivity index (χ0) is 28.2. The van der Waals surface area contributed by atoms with Crippen LogP contribution in [0.2, 0.25) is 0 Å². The van der Waals surface area contributed by atoms with Crippen LogP contribution >= 0.6 is 0 Å². The van der Waals surface area contributed by atoms with Crippen LogP contribution in [0.15, 0.2) is 30.3 Å². The van der Waals surface area contributed by atoms with Crippen molar-refractivity contribution in [1.82, 2.24) is 5.32 Å². The minimum absolute atomic E-state index is 0.0140. The van der Waals surface area contributed by atoms with Crippen LogP contribution in [0.3, 0.4) is 0 Å². The first-order valence-electron chi connectivity index (χ1n) is 14.0. The highest BCUT2D eigenvalue weighted by atomic mass is 16.5. The second kappa shape index (κ2) is 15.3. The summed E-state index contributed by atoms with van der Waals surface area (Å²) in [7, 11) is 1.65. The Morgan fingerprint density at radius 2 is 1.63 bits per heavy atom. The van der Waals surface area contributed by atoms with Gasteiger partial charge in [-0.15, -0.1) is 0 Å². The quantitative estimate of drug-likeness (QED) is 0.345.